The van der Waals surface area contributed by atoms with E-state index in [0.29, 0.717) is 12.5 Å². The number of thioether (sulfide) groups is 1. The van der Waals surface area contributed by atoms with E-state index in [1.807, 2.05) is 0 Å². The van der Waals surface area contributed by atoms with Crippen LogP contribution < -0.4 is 5.32 Å². The molecule has 0 aliphatic carbocycles. The quantitative estimate of drug-likeness (QED) is 0.558. The fourth-order valence-corrected chi connectivity index (χ4v) is 3.29. The van der Waals surface area contributed by atoms with Gasteiger partial charge in [-0.05, 0) is 32.4 Å². The average molecular weight is 309 g/mol. The predicted molar refractivity (Wildman–Crippen MR) is 90.9 cm³/mol. The van der Waals surface area contributed by atoms with Gasteiger partial charge in [-0.15, -0.1) is 0 Å². The van der Waals surface area contributed by atoms with Crippen molar-refractivity contribution in [3.63, 3.8) is 0 Å². The summed E-state index contributed by atoms with van der Waals surface area (Å²) < 4.78 is 4.67. The molecule has 0 aliphatic rings. The van der Waals surface area contributed by atoms with Crippen LogP contribution in [0.5, 0.6) is 0 Å². The van der Waals surface area contributed by atoms with E-state index in [4.69, 9.17) is 0 Å². The molecule has 0 fully saturated rings. The fourth-order valence-electron chi connectivity index (χ4n) is 2.26. The normalized spacial score (nSPS) is 12.2. The largest absolute Gasteiger partial charge is 0.469 e. The van der Waals surface area contributed by atoms with Crippen LogP contribution in [0, 0.1) is 13.8 Å². The van der Waals surface area contributed by atoms with Crippen molar-refractivity contribution in [1.82, 2.24) is 5.32 Å². The van der Waals surface area contributed by atoms with Gasteiger partial charge in [0, 0.05) is 17.5 Å². The van der Waals surface area contributed by atoms with Crippen LogP contribution in [0.15, 0.2) is 18.2 Å². The van der Waals surface area contributed by atoms with Crippen molar-refractivity contribution in [2.45, 2.75) is 39.7 Å². The van der Waals surface area contributed by atoms with Crippen LogP contribution in [0.4, 0.5) is 0 Å². The van der Waals surface area contributed by atoms with Gasteiger partial charge in [0.15, 0.2) is 0 Å². The lowest BCUT2D eigenvalue weighted by Gasteiger charge is -2.20. The number of carbonyl (C=O) groups excluding carboxylic acids is 1. The van der Waals surface area contributed by atoms with Crippen molar-refractivity contribution in [2.24, 2.45) is 0 Å². The summed E-state index contributed by atoms with van der Waals surface area (Å²) >= 11 is 1.80. The van der Waals surface area contributed by atoms with Gasteiger partial charge in [0.25, 0.3) is 0 Å². The lowest BCUT2D eigenvalue weighted by atomic mass is 10.0. The van der Waals surface area contributed by atoms with E-state index in [9.17, 15) is 4.79 Å². The SMILES string of the molecule is CCCNC(CSCCC(=O)OC)c1cc(C)cc(C)c1. The number of hydrogen-bond acceptors (Lipinski definition) is 4. The van der Waals surface area contributed by atoms with Gasteiger partial charge in [-0.2, -0.15) is 11.8 Å². The third-order valence-electron chi connectivity index (χ3n) is 3.25. The Kier molecular flexibility index (Phi) is 8.47. The Hall–Kier alpha value is -1.00. The van der Waals surface area contributed by atoms with Crippen LogP contribution in [0.2, 0.25) is 0 Å². The van der Waals surface area contributed by atoms with Crippen LogP contribution >= 0.6 is 11.8 Å². The second kappa shape index (κ2) is 9.85. The first kappa shape index (κ1) is 18.1. The molecule has 118 valence electrons. The van der Waals surface area contributed by atoms with Crippen LogP contribution in [-0.2, 0) is 9.53 Å². The molecule has 1 N–H and O–H groups in total. The van der Waals surface area contributed by atoms with Gasteiger partial charge < -0.3 is 10.1 Å². The molecule has 1 aromatic carbocycles. The van der Waals surface area contributed by atoms with Crippen molar-refractivity contribution in [3.8, 4) is 0 Å². The van der Waals surface area contributed by atoms with Crippen molar-refractivity contribution < 1.29 is 9.53 Å². The number of hydrogen-bond donors (Lipinski definition) is 1. The first-order valence-electron chi connectivity index (χ1n) is 7.53. The summed E-state index contributed by atoms with van der Waals surface area (Å²) in [5.41, 5.74) is 3.94. The molecule has 1 aromatic rings. The standard InChI is InChI=1S/C17H27NO2S/c1-5-7-18-16(12-21-8-6-17(19)20-4)15-10-13(2)9-14(3)11-15/h9-11,16,18H,5-8,12H2,1-4H3. The third kappa shape index (κ3) is 7.00. The summed E-state index contributed by atoms with van der Waals surface area (Å²) in [5.74, 6) is 1.65. The number of ether oxygens (including phenoxy) is 1. The number of benzene rings is 1. The van der Waals surface area contributed by atoms with Gasteiger partial charge in [-0.3, -0.25) is 4.79 Å². The zero-order valence-electron chi connectivity index (χ0n) is 13.6. The summed E-state index contributed by atoms with van der Waals surface area (Å²) in [5, 5.41) is 3.61. The van der Waals surface area contributed by atoms with Gasteiger partial charge in [0.1, 0.15) is 0 Å². The van der Waals surface area contributed by atoms with E-state index in [0.717, 1.165) is 24.5 Å². The number of methoxy groups -OCH3 is 1. The number of carbonyl (C=O) groups is 1. The number of rotatable bonds is 9. The molecule has 0 amide bonds. The van der Waals surface area contributed by atoms with E-state index in [2.05, 4.69) is 49.0 Å². The van der Waals surface area contributed by atoms with Gasteiger partial charge in [0.2, 0.25) is 0 Å². The first-order chi connectivity index (χ1) is 10.1. The number of aryl methyl sites for hydroxylation is 2. The molecule has 0 saturated heterocycles. The Balaban J connectivity index is 2.60. The lowest BCUT2D eigenvalue weighted by molar-refractivity contribution is -0.140. The zero-order chi connectivity index (χ0) is 15.7. The maximum Gasteiger partial charge on any atom is 0.306 e. The molecule has 21 heavy (non-hydrogen) atoms. The Bertz CT molecular complexity index is 428. The van der Waals surface area contributed by atoms with Crippen molar-refractivity contribution in [3.05, 3.63) is 34.9 Å². The second-order valence-corrected chi connectivity index (χ2v) is 6.48. The van der Waals surface area contributed by atoms with Crippen LogP contribution in [0.25, 0.3) is 0 Å². The van der Waals surface area contributed by atoms with E-state index < -0.39 is 0 Å². The molecular formula is C17H27NO2S. The molecule has 1 atom stereocenters. The van der Waals surface area contributed by atoms with Gasteiger partial charge in [-0.1, -0.05) is 36.2 Å². The summed E-state index contributed by atoms with van der Waals surface area (Å²) in [6.45, 7) is 7.46. The first-order valence-corrected chi connectivity index (χ1v) is 8.68. The zero-order valence-corrected chi connectivity index (χ0v) is 14.4. The van der Waals surface area contributed by atoms with Crippen LogP contribution in [-0.4, -0.2) is 31.1 Å². The molecule has 1 rings (SSSR count). The topological polar surface area (TPSA) is 38.3 Å². The highest BCUT2D eigenvalue weighted by molar-refractivity contribution is 7.99. The van der Waals surface area contributed by atoms with Crippen molar-refractivity contribution in [1.29, 1.82) is 0 Å². The average Bonchev–Trinajstić information content (AvgIpc) is 2.45. The van der Waals surface area contributed by atoms with Crippen molar-refractivity contribution >= 4 is 17.7 Å². The minimum atomic E-state index is -0.132. The molecule has 0 heterocycles. The second-order valence-electron chi connectivity index (χ2n) is 5.33. The van der Waals surface area contributed by atoms with Crippen molar-refractivity contribution in [2.75, 3.05) is 25.2 Å². The maximum absolute atomic E-state index is 11.1. The fraction of sp³-hybridized carbons (Fsp3) is 0.588. The van der Waals surface area contributed by atoms with E-state index in [-0.39, 0.29) is 5.97 Å². The molecule has 0 spiro atoms. The van der Waals surface area contributed by atoms with Gasteiger partial charge >= 0.3 is 5.97 Å². The van der Waals surface area contributed by atoms with Gasteiger partial charge in [0.05, 0.1) is 13.5 Å². The summed E-state index contributed by atoms with van der Waals surface area (Å²) in [6, 6.07) is 7.04. The maximum atomic E-state index is 11.1. The van der Waals surface area contributed by atoms with Crippen LogP contribution in [0.1, 0.15) is 42.5 Å². The smallest absolute Gasteiger partial charge is 0.306 e. The highest BCUT2D eigenvalue weighted by Crippen LogP contribution is 2.21. The summed E-state index contributed by atoms with van der Waals surface area (Å²) in [6.07, 6.45) is 1.60. The van der Waals surface area contributed by atoms with E-state index in [1.54, 1.807) is 11.8 Å². The highest BCUT2D eigenvalue weighted by atomic mass is 32.2. The lowest BCUT2D eigenvalue weighted by Crippen LogP contribution is -2.24. The molecule has 1 unspecified atom stereocenters. The number of esters is 1. The molecule has 0 radical (unpaired) electrons. The molecule has 0 aliphatic heterocycles. The Morgan fingerprint density at radius 3 is 2.52 bits per heavy atom. The Labute approximate surface area is 132 Å². The van der Waals surface area contributed by atoms with Gasteiger partial charge in [-0.25, -0.2) is 0 Å². The Morgan fingerprint density at radius 1 is 1.29 bits per heavy atom. The predicted octanol–water partition coefficient (Wildman–Crippen LogP) is 3.64. The van der Waals surface area contributed by atoms with Crippen LogP contribution in [0.3, 0.4) is 0 Å². The molecular weight excluding hydrogens is 282 g/mol. The summed E-state index contributed by atoms with van der Waals surface area (Å²) in [7, 11) is 1.44. The third-order valence-corrected chi connectivity index (χ3v) is 4.31. The minimum Gasteiger partial charge on any atom is -0.469 e. The molecule has 0 aromatic heterocycles. The summed E-state index contributed by atoms with van der Waals surface area (Å²) in [4.78, 5) is 11.1. The van der Waals surface area contributed by atoms with E-state index in [1.165, 1.54) is 23.8 Å². The molecule has 3 nitrogen and oxygen atoms in total. The molecule has 0 bridgehead atoms. The molecule has 4 heteroatoms. The Morgan fingerprint density at radius 2 is 1.95 bits per heavy atom. The minimum absolute atomic E-state index is 0.132. The monoisotopic (exact) mass is 309 g/mol. The van der Waals surface area contributed by atoms with E-state index >= 15 is 0 Å². The number of nitrogens with one attached hydrogen (secondary N) is 1. The molecule has 0 saturated carbocycles. The highest BCUT2D eigenvalue weighted by Gasteiger charge is 2.12.